The third kappa shape index (κ3) is 3.23. The first-order valence-electron chi connectivity index (χ1n) is 8.72. The summed E-state index contributed by atoms with van der Waals surface area (Å²) in [5, 5.41) is 9.82. The molecule has 0 spiro atoms. The molecule has 7 nitrogen and oxygen atoms in total. The number of aromatic nitrogens is 2. The third-order valence-electron chi connectivity index (χ3n) is 4.49. The first kappa shape index (κ1) is 17.5. The minimum atomic E-state index is -0.425. The lowest BCUT2D eigenvalue weighted by molar-refractivity contribution is -0.131. The zero-order chi connectivity index (χ0) is 19.5. The number of hydrogen-bond donors (Lipinski definition) is 0. The Morgan fingerprint density at radius 3 is 2.68 bits per heavy atom. The molecular weight excluding hydrogens is 356 g/mol. The zero-order valence-electron chi connectivity index (χ0n) is 14.9. The molecule has 4 aromatic rings. The van der Waals surface area contributed by atoms with Crippen LogP contribution in [0.1, 0.15) is 5.56 Å². The molecule has 0 N–H and O–H groups in total. The van der Waals surface area contributed by atoms with Crippen molar-refractivity contribution in [3.63, 3.8) is 0 Å². The van der Waals surface area contributed by atoms with Crippen molar-refractivity contribution in [1.29, 1.82) is 5.26 Å². The van der Waals surface area contributed by atoms with Crippen LogP contribution in [0.25, 0.3) is 22.1 Å². The normalized spacial score (nSPS) is 10.8. The van der Waals surface area contributed by atoms with Gasteiger partial charge in [-0.3, -0.25) is 14.2 Å². The van der Waals surface area contributed by atoms with Crippen LogP contribution in [-0.2, 0) is 17.9 Å². The maximum atomic E-state index is 12.8. The Morgan fingerprint density at radius 1 is 1.14 bits per heavy atom. The van der Waals surface area contributed by atoms with E-state index < -0.39 is 5.56 Å². The van der Waals surface area contributed by atoms with Crippen LogP contribution in [0.4, 0.5) is 0 Å². The summed E-state index contributed by atoms with van der Waals surface area (Å²) in [6, 6.07) is 18.6. The number of fused-ring (bicyclic) bond motifs is 3. The van der Waals surface area contributed by atoms with E-state index in [0.29, 0.717) is 17.6 Å². The van der Waals surface area contributed by atoms with Crippen LogP contribution < -0.4 is 5.56 Å². The van der Waals surface area contributed by atoms with Crippen molar-refractivity contribution in [2.75, 3.05) is 6.54 Å². The molecule has 0 radical (unpaired) electrons. The Morgan fingerprint density at radius 2 is 1.89 bits per heavy atom. The lowest BCUT2D eigenvalue weighted by Crippen LogP contribution is -2.36. The molecule has 0 aliphatic heterocycles. The highest BCUT2D eigenvalue weighted by Crippen LogP contribution is 2.24. The number of rotatable bonds is 5. The Kier molecular flexibility index (Phi) is 4.60. The topological polar surface area (TPSA) is 92.1 Å². The maximum Gasteiger partial charge on any atom is 0.297 e. The number of hydrogen-bond acceptors (Lipinski definition) is 5. The van der Waals surface area contributed by atoms with Gasteiger partial charge in [0, 0.05) is 11.9 Å². The average Bonchev–Trinajstić information content (AvgIpc) is 3.10. The van der Waals surface area contributed by atoms with Crippen molar-refractivity contribution in [2.45, 2.75) is 13.1 Å². The average molecular weight is 372 g/mol. The fraction of sp³-hybridized carbons (Fsp3) is 0.143. The van der Waals surface area contributed by atoms with E-state index in [-0.39, 0.29) is 24.6 Å². The van der Waals surface area contributed by atoms with Gasteiger partial charge in [0.1, 0.15) is 24.2 Å². The number of carbonyl (C=O) groups is 1. The molecule has 4 rings (SSSR count). The number of nitriles is 1. The van der Waals surface area contributed by atoms with Crippen molar-refractivity contribution >= 4 is 28.0 Å². The van der Waals surface area contributed by atoms with Gasteiger partial charge in [0.2, 0.25) is 11.5 Å². The molecule has 0 saturated carbocycles. The van der Waals surface area contributed by atoms with Crippen LogP contribution >= 0.6 is 0 Å². The van der Waals surface area contributed by atoms with Crippen LogP contribution in [0.2, 0.25) is 0 Å². The van der Waals surface area contributed by atoms with Gasteiger partial charge < -0.3 is 9.32 Å². The van der Waals surface area contributed by atoms with E-state index in [9.17, 15) is 9.59 Å². The van der Waals surface area contributed by atoms with Gasteiger partial charge >= 0.3 is 0 Å². The fourth-order valence-corrected chi connectivity index (χ4v) is 3.10. The van der Waals surface area contributed by atoms with Gasteiger partial charge in [-0.2, -0.15) is 5.26 Å². The molecule has 28 heavy (non-hydrogen) atoms. The molecule has 2 heterocycles. The Hall–Kier alpha value is -3.92. The molecule has 7 heteroatoms. The second-order valence-corrected chi connectivity index (χ2v) is 6.35. The molecule has 0 atom stereocenters. The number of amides is 1. The summed E-state index contributed by atoms with van der Waals surface area (Å²) in [6.07, 6.45) is 1.34. The largest absolute Gasteiger partial charge is 0.448 e. The van der Waals surface area contributed by atoms with E-state index in [2.05, 4.69) is 4.98 Å². The van der Waals surface area contributed by atoms with Crippen molar-refractivity contribution in [3.05, 3.63) is 76.8 Å². The van der Waals surface area contributed by atoms with Crippen molar-refractivity contribution in [1.82, 2.24) is 14.5 Å². The summed E-state index contributed by atoms with van der Waals surface area (Å²) in [5.74, 6) is -0.343. The molecule has 1 amide bonds. The van der Waals surface area contributed by atoms with Gasteiger partial charge in [-0.1, -0.05) is 42.5 Å². The van der Waals surface area contributed by atoms with Gasteiger partial charge in [-0.25, -0.2) is 4.98 Å². The number of carbonyl (C=O) groups excluding carboxylic acids is 1. The molecule has 0 aliphatic rings. The first-order valence-corrected chi connectivity index (χ1v) is 8.72. The Bertz CT molecular complexity index is 1250. The van der Waals surface area contributed by atoms with E-state index >= 15 is 0 Å². The molecule has 2 aromatic heterocycles. The Balaban J connectivity index is 1.63. The number of para-hydroxylation sites is 1. The van der Waals surface area contributed by atoms with Crippen molar-refractivity contribution in [2.24, 2.45) is 0 Å². The first-order chi connectivity index (χ1) is 13.7. The van der Waals surface area contributed by atoms with Crippen molar-refractivity contribution < 1.29 is 9.21 Å². The number of benzene rings is 2. The van der Waals surface area contributed by atoms with Crippen LogP contribution in [0.15, 0.2) is 70.1 Å². The lowest BCUT2D eigenvalue weighted by atomic mass is 10.2. The molecule has 0 aliphatic carbocycles. The lowest BCUT2D eigenvalue weighted by Gasteiger charge is -2.20. The van der Waals surface area contributed by atoms with E-state index in [1.165, 1.54) is 15.8 Å². The van der Waals surface area contributed by atoms with Gasteiger partial charge in [0.05, 0.1) is 12.4 Å². The molecule has 0 bridgehead atoms. The van der Waals surface area contributed by atoms with Crippen LogP contribution in [0, 0.1) is 11.3 Å². The van der Waals surface area contributed by atoms with E-state index in [4.69, 9.17) is 9.68 Å². The van der Waals surface area contributed by atoms with Gasteiger partial charge in [0.25, 0.3) is 5.56 Å². The standard InChI is InChI=1S/C21H16N4O3/c22-10-11-24(12-15-6-2-1-3-7-15)18(26)13-25-14-23-19-16-8-4-5-9-17(16)28-20(19)21(25)27/h1-9,14H,11-13H2. The molecule has 0 unspecified atom stereocenters. The predicted molar refractivity (Wildman–Crippen MR) is 103 cm³/mol. The minimum absolute atomic E-state index is 0.0667. The van der Waals surface area contributed by atoms with Crippen LogP contribution in [-0.4, -0.2) is 26.9 Å². The fourth-order valence-electron chi connectivity index (χ4n) is 3.10. The summed E-state index contributed by atoms with van der Waals surface area (Å²) in [5.41, 5.74) is 1.64. The SMILES string of the molecule is N#CCN(Cc1ccccc1)C(=O)Cn1cnc2c(oc3ccccc32)c1=O. The summed E-state index contributed by atoms with van der Waals surface area (Å²) in [6.45, 7) is 0.0123. The quantitative estimate of drug-likeness (QED) is 0.502. The molecule has 0 fully saturated rings. The number of nitrogens with zero attached hydrogens (tertiary/aromatic N) is 4. The van der Waals surface area contributed by atoms with Crippen LogP contribution in [0.3, 0.4) is 0 Å². The highest BCUT2D eigenvalue weighted by Gasteiger charge is 2.18. The summed E-state index contributed by atoms with van der Waals surface area (Å²) < 4.78 is 6.85. The zero-order valence-corrected chi connectivity index (χ0v) is 14.9. The molecule has 0 saturated heterocycles. The van der Waals surface area contributed by atoms with Gasteiger partial charge in [-0.05, 0) is 17.7 Å². The third-order valence-corrected chi connectivity index (χ3v) is 4.49. The second kappa shape index (κ2) is 7.37. The molecular formula is C21H16N4O3. The second-order valence-electron chi connectivity index (χ2n) is 6.35. The van der Waals surface area contributed by atoms with E-state index in [1.54, 1.807) is 6.07 Å². The molecule has 2 aromatic carbocycles. The molecule has 138 valence electrons. The summed E-state index contributed by atoms with van der Waals surface area (Å²) in [4.78, 5) is 31.2. The summed E-state index contributed by atoms with van der Waals surface area (Å²) >= 11 is 0. The predicted octanol–water partition coefficient (Wildman–Crippen LogP) is 2.70. The monoisotopic (exact) mass is 372 g/mol. The highest BCUT2D eigenvalue weighted by atomic mass is 16.3. The van der Waals surface area contributed by atoms with Crippen LogP contribution in [0.5, 0.6) is 0 Å². The Labute approximate surface area is 160 Å². The number of furan rings is 1. The maximum absolute atomic E-state index is 12.8. The van der Waals surface area contributed by atoms with Gasteiger partial charge in [-0.15, -0.1) is 0 Å². The smallest absolute Gasteiger partial charge is 0.297 e. The van der Waals surface area contributed by atoms with Gasteiger partial charge in [0.15, 0.2) is 0 Å². The van der Waals surface area contributed by atoms with E-state index in [0.717, 1.165) is 10.9 Å². The minimum Gasteiger partial charge on any atom is -0.448 e. The summed E-state index contributed by atoms with van der Waals surface area (Å²) in [7, 11) is 0. The van der Waals surface area contributed by atoms with E-state index in [1.807, 2.05) is 54.6 Å². The highest BCUT2D eigenvalue weighted by molar-refractivity contribution is 6.01. The van der Waals surface area contributed by atoms with Crippen molar-refractivity contribution in [3.8, 4) is 6.07 Å².